The highest BCUT2D eigenvalue weighted by atomic mass is 19.1. The summed E-state index contributed by atoms with van der Waals surface area (Å²) in [5, 5.41) is 16.5. The number of nitrogens with one attached hydrogen (secondary N) is 1. The molecule has 2 aromatic carbocycles. The first kappa shape index (κ1) is 16.1. The first-order valence-electron chi connectivity index (χ1n) is 6.50. The normalized spacial score (nSPS) is 10.5. The fourth-order valence-corrected chi connectivity index (χ4v) is 1.66. The zero-order valence-electron chi connectivity index (χ0n) is 11.8. The van der Waals surface area contributed by atoms with Gasteiger partial charge in [-0.1, -0.05) is 29.4 Å². The number of carbonyl (C=O) groups excluding carboxylic acids is 1. The van der Waals surface area contributed by atoms with Gasteiger partial charge in [0.1, 0.15) is 5.82 Å². The van der Waals surface area contributed by atoms with Crippen LogP contribution >= 0.6 is 0 Å². The second kappa shape index (κ2) is 7.64. The van der Waals surface area contributed by atoms with Crippen LogP contribution in [0.4, 0.5) is 15.8 Å². The average molecular weight is 317 g/mol. The largest absolute Gasteiger partial charge is 0.386 e. The van der Waals surface area contributed by atoms with E-state index in [1.165, 1.54) is 42.6 Å². The number of hydrogen-bond donors (Lipinski definition) is 1. The Kier molecular flexibility index (Phi) is 5.35. The molecule has 1 N–H and O–H groups in total. The predicted molar refractivity (Wildman–Crippen MR) is 81.7 cm³/mol. The molecule has 0 heterocycles. The van der Waals surface area contributed by atoms with Gasteiger partial charge < -0.3 is 10.2 Å². The highest BCUT2D eigenvalue weighted by molar-refractivity contribution is 5.91. The van der Waals surface area contributed by atoms with Gasteiger partial charge in [-0.25, -0.2) is 4.39 Å². The molecule has 0 atom stereocenters. The fourth-order valence-electron chi connectivity index (χ4n) is 1.66. The van der Waals surface area contributed by atoms with Crippen molar-refractivity contribution in [1.29, 1.82) is 0 Å². The highest BCUT2D eigenvalue weighted by Gasteiger charge is 2.06. The van der Waals surface area contributed by atoms with Crippen molar-refractivity contribution in [3.63, 3.8) is 0 Å². The number of halogens is 1. The molecule has 2 rings (SSSR count). The van der Waals surface area contributed by atoms with Crippen molar-refractivity contribution >= 4 is 23.5 Å². The lowest BCUT2D eigenvalue weighted by molar-refractivity contribution is -0.384. The van der Waals surface area contributed by atoms with E-state index in [1.54, 1.807) is 12.1 Å². The van der Waals surface area contributed by atoms with E-state index < -0.39 is 23.3 Å². The summed E-state index contributed by atoms with van der Waals surface area (Å²) in [5.74, 6) is -1.13. The molecule has 0 aromatic heterocycles. The van der Waals surface area contributed by atoms with Crippen LogP contribution in [0.15, 0.2) is 53.7 Å². The van der Waals surface area contributed by atoms with Gasteiger partial charge in [-0.05, 0) is 12.1 Å². The number of carbonyl (C=O) groups is 1. The number of benzene rings is 2. The number of hydrogen-bond acceptors (Lipinski definition) is 5. The summed E-state index contributed by atoms with van der Waals surface area (Å²) in [6.07, 6.45) is 1.24. The number of anilines is 1. The Bertz CT molecular complexity index is 749. The first-order chi connectivity index (χ1) is 11.1. The third kappa shape index (κ3) is 4.88. The maximum Gasteiger partial charge on any atom is 0.270 e. The van der Waals surface area contributed by atoms with E-state index in [4.69, 9.17) is 4.84 Å². The molecule has 0 aliphatic rings. The van der Waals surface area contributed by atoms with Crippen molar-refractivity contribution in [3.05, 3.63) is 70.0 Å². The molecule has 8 heteroatoms. The first-order valence-corrected chi connectivity index (χ1v) is 6.50. The standard InChI is InChI=1S/C15H12FN3O4/c16-13-6-1-2-7-14(13)18-15(20)10-23-17-9-11-4-3-5-12(8-11)19(21)22/h1-9H,10H2,(H,18,20)/b17-9-. The minimum atomic E-state index is -0.578. The second-order valence-corrected chi connectivity index (χ2v) is 4.39. The van der Waals surface area contributed by atoms with Crippen LogP contribution in [0.25, 0.3) is 0 Å². The number of para-hydroxylation sites is 1. The van der Waals surface area contributed by atoms with E-state index >= 15 is 0 Å². The van der Waals surface area contributed by atoms with Gasteiger partial charge in [0.05, 0.1) is 16.8 Å². The quantitative estimate of drug-likeness (QED) is 0.503. The summed E-state index contributed by atoms with van der Waals surface area (Å²) in [6.45, 7) is -0.417. The maximum atomic E-state index is 13.3. The molecule has 0 bridgehead atoms. The van der Waals surface area contributed by atoms with Crippen molar-refractivity contribution in [1.82, 2.24) is 0 Å². The van der Waals surface area contributed by atoms with Crippen molar-refractivity contribution in [3.8, 4) is 0 Å². The van der Waals surface area contributed by atoms with Gasteiger partial charge in [0, 0.05) is 17.7 Å². The molecule has 0 saturated carbocycles. The van der Waals surface area contributed by atoms with Crippen LogP contribution in [0.2, 0.25) is 0 Å². The minimum Gasteiger partial charge on any atom is -0.386 e. The number of rotatable bonds is 6. The van der Waals surface area contributed by atoms with E-state index in [2.05, 4.69) is 10.5 Å². The van der Waals surface area contributed by atoms with Gasteiger partial charge in [0.15, 0.2) is 6.61 Å². The van der Waals surface area contributed by atoms with Crippen LogP contribution in [0.1, 0.15) is 5.56 Å². The van der Waals surface area contributed by atoms with Crippen molar-refractivity contribution in [2.45, 2.75) is 0 Å². The number of nitro benzene ring substituents is 1. The van der Waals surface area contributed by atoms with E-state index in [1.807, 2.05) is 0 Å². The molecule has 0 unspecified atom stereocenters. The van der Waals surface area contributed by atoms with Crippen LogP contribution in [-0.2, 0) is 9.63 Å². The monoisotopic (exact) mass is 317 g/mol. The lowest BCUT2D eigenvalue weighted by Crippen LogP contribution is -2.17. The van der Waals surface area contributed by atoms with E-state index in [-0.39, 0.29) is 11.4 Å². The summed E-state index contributed by atoms with van der Waals surface area (Å²) >= 11 is 0. The third-order valence-electron chi connectivity index (χ3n) is 2.70. The maximum absolute atomic E-state index is 13.3. The molecule has 0 saturated heterocycles. The molecule has 2 aromatic rings. The Balaban J connectivity index is 1.85. The van der Waals surface area contributed by atoms with Gasteiger partial charge in [0.2, 0.25) is 0 Å². The second-order valence-electron chi connectivity index (χ2n) is 4.39. The van der Waals surface area contributed by atoms with Gasteiger partial charge >= 0.3 is 0 Å². The minimum absolute atomic E-state index is 0.0452. The molecular weight excluding hydrogens is 305 g/mol. The molecule has 0 aliphatic carbocycles. The topological polar surface area (TPSA) is 93.8 Å². The van der Waals surface area contributed by atoms with Gasteiger partial charge in [-0.2, -0.15) is 0 Å². The Morgan fingerprint density at radius 2 is 2.09 bits per heavy atom. The summed E-state index contributed by atoms with van der Waals surface area (Å²) in [5.41, 5.74) is 0.420. The van der Waals surface area contributed by atoms with Crippen molar-refractivity contribution in [2.24, 2.45) is 5.16 Å². The van der Waals surface area contributed by atoms with Crippen molar-refractivity contribution < 1.29 is 18.9 Å². The molecule has 0 aliphatic heterocycles. The number of oxime groups is 1. The molecule has 1 amide bonds. The fraction of sp³-hybridized carbons (Fsp3) is 0.0667. The zero-order chi connectivity index (χ0) is 16.7. The summed E-state index contributed by atoms with van der Waals surface area (Å²) in [7, 11) is 0. The SMILES string of the molecule is O=C(CO/N=C\c1cccc([N+](=O)[O-])c1)Nc1ccccc1F. The third-order valence-corrected chi connectivity index (χ3v) is 2.70. The predicted octanol–water partition coefficient (Wildman–Crippen LogP) is 2.72. The molecule has 0 radical (unpaired) electrons. The van der Waals surface area contributed by atoms with Gasteiger partial charge in [-0.15, -0.1) is 0 Å². The van der Waals surface area contributed by atoms with Crippen molar-refractivity contribution in [2.75, 3.05) is 11.9 Å². The average Bonchev–Trinajstić information content (AvgIpc) is 2.54. The van der Waals surface area contributed by atoms with E-state index in [0.717, 1.165) is 0 Å². The molecule has 0 fully saturated rings. The van der Waals surface area contributed by atoms with E-state index in [0.29, 0.717) is 5.56 Å². The van der Waals surface area contributed by atoms with Gasteiger partial charge in [-0.3, -0.25) is 14.9 Å². The Morgan fingerprint density at radius 3 is 2.83 bits per heavy atom. The van der Waals surface area contributed by atoms with E-state index in [9.17, 15) is 19.3 Å². The summed E-state index contributed by atoms with van der Waals surface area (Å²) in [6, 6.07) is 11.5. The molecule has 23 heavy (non-hydrogen) atoms. The number of nitro groups is 1. The summed E-state index contributed by atoms with van der Waals surface area (Å²) in [4.78, 5) is 26.4. The van der Waals surface area contributed by atoms with Crippen LogP contribution in [0.3, 0.4) is 0 Å². The Labute approximate surface area is 130 Å². The molecule has 0 spiro atoms. The lowest BCUT2D eigenvalue weighted by atomic mass is 10.2. The van der Waals surface area contributed by atoms with Gasteiger partial charge in [0.25, 0.3) is 11.6 Å². The number of amides is 1. The zero-order valence-corrected chi connectivity index (χ0v) is 11.8. The smallest absolute Gasteiger partial charge is 0.270 e. The van der Waals surface area contributed by atoms with Crippen LogP contribution in [-0.4, -0.2) is 23.7 Å². The molecular formula is C15H12FN3O4. The Morgan fingerprint density at radius 1 is 1.30 bits per heavy atom. The lowest BCUT2D eigenvalue weighted by Gasteiger charge is -2.04. The van der Waals surface area contributed by atoms with Crippen LogP contribution in [0, 0.1) is 15.9 Å². The molecule has 118 valence electrons. The molecule has 7 nitrogen and oxygen atoms in total. The van der Waals surface area contributed by atoms with Crippen LogP contribution < -0.4 is 5.32 Å². The Hall–Kier alpha value is -3.29. The number of non-ortho nitro benzene ring substituents is 1. The highest BCUT2D eigenvalue weighted by Crippen LogP contribution is 2.12. The van der Waals surface area contributed by atoms with Crippen LogP contribution in [0.5, 0.6) is 0 Å². The summed E-state index contributed by atoms with van der Waals surface area (Å²) < 4.78 is 13.3. The number of nitrogens with zero attached hydrogens (tertiary/aromatic N) is 2.